The van der Waals surface area contributed by atoms with Gasteiger partial charge in [0.25, 0.3) is 5.91 Å². The van der Waals surface area contributed by atoms with Crippen LogP contribution in [0.1, 0.15) is 43.1 Å². The van der Waals surface area contributed by atoms with E-state index in [1.54, 1.807) is 4.57 Å². The number of carbonyl (C=O) groups excluding carboxylic acids is 2. The van der Waals surface area contributed by atoms with E-state index in [0.717, 1.165) is 5.82 Å². The Morgan fingerprint density at radius 3 is 2.75 bits per heavy atom. The highest BCUT2D eigenvalue weighted by molar-refractivity contribution is 5.90. The number of hydrogen-bond acceptors (Lipinski definition) is 5. The molecular weight excluding hydrogens is 260 g/mol. The third kappa shape index (κ3) is 2.97. The van der Waals surface area contributed by atoms with Crippen molar-refractivity contribution in [2.45, 2.75) is 45.7 Å². The summed E-state index contributed by atoms with van der Waals surface area (Å²) in [6.07, 6.45) is 1.94. The fourth-order valence-corrected chi connectivity index (χ4v) is 2.38. The number of rotatable bonds is 3. The summed E-state index contributed by atoms with van der Waals surface area (Å²) in [4.78, 5) is 23.7. The van der Waals surface area contributed by atoms with Crippen LogP contribution in [0.15, 0.2) is 0 Å². The second-order valence-electron chi connectivity index (χ2n) is 5.27. The number of nitrogens with one attached hydrogen (secondary N) is 1. The molecule has 110 valence electrons. The molecule has 1 amide bonds. The quantitative estimate of drug-likeness (QED) is 0.817. The number of aryl methyl sites for hydroxylation is 1. The summed E-state index contributed by atoms with van der Waals surface area (Å²) in [7, 11) is 1.40. The number of hydrogen-bond donors (Lipinski definition) is 1. The number of ether oxygens (including phenoxy) is 1. The Hall–Kier alpha value is -1.92. The summed E-state index contributed by atoms with van der Waals surface area (Å²) < 4.78 is 6.59. The number of esters is 1. The molecule has 1 aliphatic heterocycles. The Labute approximate surface area is 117 Å². The van der Waals surface area contributed by atoms with Gasteiger partial charge in [-0.25, -0.2) is 0 Å². The van der Waals surface area contributed by atoms with Crippen molar-refractivity contribution in [2.24, 2.45) is 5.92 Å². The van der Waals surface area contributed by atoms with E-state index in [9.17, 15) is 9.59 Å². The molecule has 0 saturated carbocycles. The number of nitrogens with zero attached hydrogens (tertiary/aromatic N) is 3. The molecule has 0 radical (unpaired) electrons. The molecule has 0 spiro atoms. The standard InChI is InChI=1S/C13H20N4O3/c1-8(2)14-12(18)11-16-15-10-5-4-9(13(19)20-3)6-7-17(10)11/h8-9H,4-7H2,1-3H3,(H,14,18). The molecule has 1 aliphatic rings. The maximum absolute atomic E-state index is 12.0. The number of amides is 1. The molecule has 20 heavy (non-hydrogen) atoms. The zero-order valence-electron chi connectivity index (χ0n) is 12.0. The van der Waals surface area contributed by atoms with Crippen molar-refractivity contribution < 1.29 is 14.3 Å². The smallest absolute Gasteiger partial charge is 0.308 e. The monoisotopic (exact) mass is 280 g/mol. The molecule has 0 saturated heterocycles. The molecule has 0 aliphatic carbocycles. The molecule has 0 aromatic carbocycles. The van der Waals surface area contributed by atoms with Gasteiger partial charge in [0.1, 0.15) is 5.82 Å². The highest BCUT2D eigenvalue weighted by Gasteiger charge is 2.27. The second kappa shape index (κ2) is 6.02. The minimum absolute atomic E-state index is 0.0454. The van der Waals surface area contributed by atoms with Gasteiger partial charge in [0.15, 0.2) is 0 Å². The Kier molecular flexibility index (Phi) is 4.36. The first-order chi connectivity index (χ1) is 9.52. The third-order valence-electron chi connectivity index (χ3n) is 3.40. The van der Waals surface area contributed by atoms with Crippen LogP contribution in [-0.4, -0.2) is 39.8 Å². The Morgan fingerprint density at radius 2 is 2.10 bits per heavy atom. The summed E-state index contributed by atoms with van der Waals surface area (Å²) in [6.45, 7) is 4.35. The van der Waals surface area contributed by atoms with Gasteiger partial charge in [0.2, 0.25) is 5.82 Å². The fraction of sp³-hybridized carbons (Fsp3) is 0.692. The summed E-state index contributed by atoms with van der Waals surface area (Å²) in [5.74, 6) is 0.513. The summed E-state index contributed by atoms with van der Waals surface area (Å²) in [5.41, 5.74) is 0. The minimum atomic E-state index is -0.227. The van der Waals surface area contributed by atoms with Crippen LogP contribution in [0.25, 0.3) is 0 Å². The topological polar surface area (TPSA) is 86.1 Å². The number of methoxy groups -OCH3 is 1. The number of aromatic nitrogens is 3. The van der Waals surface area contributed by atoms with Crippen molar-refractivity contribution in [3.63, 3.8) is 0 Å². The van der Waals surface area contributed by atoms with Gasteiger partial charge in [-0.3, -0.25) is 9.59 Å². The predicted molar refractivity (Wildman–Crippen MR) is 71.1 cm³/mol. The van der Waals surface area contributed by atoms with E-state index >= 15 is 0 Å². The summed E-state index contributed by atoms with van der Waals surface area (Å²) in [6, 6.07) is 0.0454. The largest absolute Gasteiger partial charge is 0.469 e. The summed E-state index contributed by atoms with van der Waals surface area (Å²) >= 11 is 0. The van der Waals surface area contributed by atoms with Gasteiger partial charge in [-0.2, -0.15) is 0 Å². The lowest BCUT2D eigenvalue weighted by Crippen LogP contribution is -2.32. The Balaban J connectivity index is 2.14. The van der Waals surface area contributed by atoms with Crippen LogP contribution in [0.3, 0.4) is 0 Å². The van der Waals surface area contributed by atoms with E-state index in [-0.39, 0.29) is 23.8 Å². The van der Waals surface area contributed by atoms with Crippen LogP contribution in [0.4, 0.5) is 0 Å². The first-order valence-corrected chi connectivity index (χ1v) is 6.83. The Bertz CT molecular complexity index is 510. The van der Waals surface area contributed by atoms with Crippen LogP contribution in [0, 0.1) is 5.92 Å². The molecule has 0 fully saturated rings. The van der Waals surface area contributed by atoms with Gasteiger partial charge in [-0.05, 0) is 26.7 Å². The molecule has 1 unspecified atom stereocenters. The van der Waals surface area contributed by atoms with Crippen LogP contribution < -0.4 is 5.32 Å². The molecule has 7 heteroatoms. The fourth-order valence-electron chi connectivity index (χ4n) is 2.38. The average Bonchev–Trinajstić information content (AvgIpc) is 2.69. The van der Waals surface area contributed by atoms with Crippen molar-refractivity contribution in [3.8, 4) is 0 Å². The maximum atomic E-state index is 12.0. The van der Waals surface area contributed by atoms with E-state index in [4.69, 9.17) is 4.74 Å². The zero-order valence-corrected chi connectivity index (χ0v) is 12.0. The van der Waals surface area contributed by atoms with Crippen LogP contribution in [0.5, 0.6) is 0 Å². The zero-order chi connectivity index (χ0) is 14.7. The minimum Gasteiger partial charge on any atom is -0.469 e. The van der Waals surface area contributed by atoms with Crippen molar-refractivity contribution in [2.75, 3.05) is 7.11 Å². The normalized spacial score (nSPS) is 18.3. The molecule has 7 nitrogen and oxygen atoms in total. The molecule has 2 heterocycles. The van der Waals surface area contributed by atoms with Gasteiger partial charge < -0.3 is 14.6 Å². The molecule has 0 bridgehead atoms. The molecule has 2 rings (SSSR count). The Morgan fingerprint density at radius 1 is 1.35 bits per heavy atom. The lowest BCUT2D eigenvalue weighted by atomic mass is 10.0. The van der Waals surface area contributed by atoms with E-state index in [0.29, 0.717) is 31.6 Å². The van der Waals surface area contributed by atoms with Gasteiger partial charge in [0.05, 0.1) is 13.0 Å². The van der Waals surface area contributed by atoms with Gasteiger partial charge in [0, 0.05) is 19.0 Å². The number of carbonyl (C=O) groups is 2. The molecule has 1 N–H and O–H groups in total. The molecule has 1 aromatic rings. The molecule has 1 atom stereocenters. The lowest BCUT2D eigenvalue weighted by Gasteiger charge is -2.11. The van der Waals surface area contributed by atoms with E-state index in [1.807, 2.05) is 13.8 Å². The van der Waals surface area contributed by atoms with Crippen LogP contribution in [0.2, 0.25) is 0 Å². The maximum Gasteiger partial charge on any atom is 0.308 e. The average molecular weight is 280 g/mol. The highest BCUT2D eigenvalue weighted by atomic mass is 16.5. The summed E-state index contributed by atoms with van der Waals surface area (Å²) in [5, 5.41) is 10.8. The SMILES string of the molecule is COC(=O)C1CCc2nnc(C(=O)NC(C)C)n2CC1. The van der Waals surface area contributed by atoms with Crippen molar-refractivity contribution in [1.29, 1.82) is 0 Å². The van der Waals surface area contributed by atoms with E-state index < -0.39 is 0 Å². The highest BCUT2D eigenvalue weighted by Crippen LogP contribution is 2.21. The van der Waals surface area contributed by atoms with E-state index in [2.05, 4.69) is 15.5 Å². The lowest BCUT2D eigenvalue weighted by molar-refractivity contribution is -0.145. The van der Waals surface area contributed by atoms with Crippen LogP contribution in [-0.2, 0) is 22.5 Å². The van der Waals surface area contributed by atoms with Crippen molar-refractivity contribution in [3.05, 3.63) is 11.6 Å². The van der Waals surface area contributed by atoms with Gasteiger partial charge >= 0.3 is 5.97 Å². The first-order valence-electron chi connectivity index (χ1n) is 6.83. The molecule has 1 aromatic heterocycles. The molecular formula is C13H20N4O3. The second-order valence-corrected chi connectivity index (χ2v) is 5.27. The first kappa shape index (κ1) is 14.5. The van der Waals surface area contributed by atoms with E-state index in [1.165, 1.54) is 7.11 Å². The van der Waals surface area contributed by atoms with Crippen molar-refractivity contribution in [1.82, 2.24) is 20.1 Å². The van der Waals surface area contributed by atoms with Crippen molar-refractivity contribution >= 4 is 11.9 Å². The predicted octanol–water partition coefficient (Wildman–Crippen LogP) is 0.542. The number of fused-ring (bicyclic) bond motifs is 1. The van der Waals surface area contributed by atoms with Gasteiger partial charge in [-0.1, -0.05) is 0 Å². The van der Waals surface area contributed by atoms with Gasteiger partial charge in [-0.15, -0.1) is 10.2 Å². The van der Waals surface area contributed by atoms with Crippen LogP contribution >= 0.6 is 0 Å². The third-order valence-corrected chi connectivity index (χ3v) is 3.40.